The first kappa shape index (κ1) is 12.0. The van der Waals surface area contributed by atoms with Crippen LogP contribution in [-0.4, -0.2) is 34.8 Å². The summed E-state index contributed by atoms with van der Waals surface area (Å²) in [6.45, 7) is 2.75. The fourth-order valence-corrected chi connectivity index (χ4v) is 1.14. The molecule has 0 amide bonds. The smallest absolute Gasteiger partial charge is 0.335 e. The minimum Gasteiger partial charge on any atom is -0.376 e. The Hall–Kier alpha value is 0.0300. The molecule has 0 fully saturated rings. The quantitative estimate of drug-likeness (QED) is 0.366. The van der Waals surface area contributed by atoms with Crippen molar-refractivity contribution in [1.82, 2.24) is 5.06 Å². The first-order valence-corrected chi connectivity index (χ1v) is 4.62. The Labute approximate surface area is 71.6 Å². The van der Waals surface area contributed by atoms with E-state index in [0.29, 0.717) is 0 Å². The van der Waals surface area contributed by atoms with Crippen molar-refractivity contribution in [3.8, 4) is 0 Å². The first-order valence-electron chi connectivity index (χ1n) is 3.39. The van der Waals surface area contributed by atoms with Crippen LogP contribution in [0.1, 0.15) is 13.8 Å². The van der Waals surface area contributed by atoms with Crippen LogP contribution >= 0.6 is 8.25 Å². The molecule has 0 aromatic rings. The van der Waals surface area contributed by atoms with Crippen LogP contribution in [0.4, 0.5) is 0 Å². The zero-order valence-corrected chi connectivity index (χ0v) is 8.22. The highest BCUT2D eigenvalue weighted by Crippen LogP contribution is 2.25. The van der Waals surface area contributed by atoms with E-state index in [9.17, 15) is 4.57 Å². The van der Waals surface area contributed by atoms with Crippen LogP contribution in [0.5, 0.6) is 0 Å². The Kier molecular flexibility index (Phi) is 5.65. The average molecular weight is 199 g/mol. The van der Waals surface area contributed by atoms with Gasteiger partial charge in [0.2, 0.25) is 0 Å². The molecule has 0 bridgehead atoms. The molecule has 0 aromatic carbocycles. The second-order valence-corrected chi connectivity index (χ2v) is 3.26. The minimum absolute atomic E-state index is 0.783. The van der Waals surface area contributed by atoms with Gasteiger partial charge in [0.25, 0.3) is 0 Å². The summed E-state index contributed by atoms with van der Waals surface area (Å²) in [5, 5.41) is 18.8. The molecule has 7 heteroatoms. The maximum absolute atomic E-state index is 10.7. The predicted octanol–water partition coefficient (Wildman–Crippen LogP) is -0.0673. The highest BCUT2D eigenvalue weighted by molar-refractivity contribution is 7.33. The van der Waals surface area contributed by atoms with Crippen molar-refractivity contribution in [3.63, 3.8) is 0 Å². The van der Waals surface area contributed by atoms with Gasteiger partial charge >= 0.3 is 8.25 Å². The van der Waals surface area contributed by atoms with Gasteiger partial charge in [-0.25, -0.2) is 4.62 Å². The van der Waals surface area contributed by atoms with E-state index < -0.39 is 20.7 Å². The van der Waals surface area contributed by atoms with Gasteiger partial charge in [-0.05, 0) is 13.8 Å². The fourth-order valence-electron chi connectivity index (χ4n) is 0.588. The van der Waals surface area contributed by atoms with Crippen LogP contribution in [0.3, 0.4) is 0 Å². The van der Waals surface area contributed by atoms with E-state index in [-0.39, 0.29) is 0 Å². The number of rotatable bonds is 5. The summed E-state index contributed by atoms with van der Waals surface area (Å²) < 4.78 is 19.6. The van der Waals surface area contributed by atoms with Crippen molar-refractivity contribution in [1.29, 1.82) is 0 Å². The van der Waals surface area contributed by atoms with Gasteiger partial charge in [0.15, 0.2) is 0 Å². The van der Waals surface area contributed by atoms with E-state index in [0.717, 1.165) is 5.06 Å². The summed E-state index contributed by atoms with van der Waals surface area (Å²) in [6.07, 6.45) is -2.09. The molecule has 3 unspecified atom stereocenters. The van der Waals surface area contributed by atoms with Gasteiger partial charge in [-0.1, -0.05) is 0 Å². The van der Waals surface area contributed by atoms with Gasteiger partial charge in [0.1, 0.15) is 12.5 Å². The number of hydrogen-bond donors (Lipinski definition) is 2. The van der Waals surface area contributed by atoms with Crippen molar-refractivity contribution >= 4 is 8.25 Å². The van der Waals surface area contributed by atoms with Gasteiger partial charge in [0, 0.05) is 7.11 Å². The van der Waals surface area contributed by atoms with E-state index >= 15 is 0 Å². The van der Waals surface area contributed by atoms with Crippen LogP contribution in [0.15, 0.2) is 0 Å². The Balaban J connectivity index is 4.05. The predicted molar refractivity (Wildman–Crippen MR) is 42.3 cm³/mol. The molecule has 2 N–H and O–H groups in total. The molecule has 12 heavy (non-hydrogen) atoms. The van der Waals surface area contributed by atoms with Crippen molar-refractivity contribution in [3.05, 3.63) is 0 Å². The third-order valence-corrected chi connectivity index (χ3v) is 1.78. The molecule has 0 radical (unpaired) electrons. The highest BCUT2D eigenvalue weighted by Gasteiger charge is 2.19. The Bertz CT molecular complexity index is 143. The number of hydrogen-bond acceptors (Lipinski definition) is 6. The van der Waals surface area contributed by atoms with Crippen LogP contribution in [0.2, 0.25) is 0 Å². The molecule has 0 heterocycles. The van der Waals surface area contributed by atoms with E-state index in [2.05, 4.69) is 9.15 Å². The van der Waals surface area contributed by atoms with Gasteiger partial charge in [-0.3, -0.25) is 4.57 Å². The van der Waals surface area contributed by atoms with Crippen molar-refractivity contribution < 1.29 is 23.9 Å². The van der Waals surface area contributed by atoms with E-state index in [4.69, 9.17) is 10.2 Å². The fraction of sp³-hybridized carbons (Fsp3) is 1.00. The third-order valence-electron chi connectivity index (χ3n) is 1.08. The molecule has 74 valence electrons. The molecule has 3 atom stereocenters. The SMILES string of the molecule is CO[PH](=O)ON(C(C)O)C(C)O. The van der Waals surface area contributed by atoms with E-state index in [1.807, 2.05) is 0 Å². The molecule has 0 aliphatic rings. The lowest BCUT2D eigenvalue weighted by Gasteiger charge is -2.25. The van der Waals surface area contributed by atoms with Gasteiger partial charge in [-0.2, -0.15) is 0 Å². The van der Waals surface area contributed by atoms with Gasteiger partial charge < -0.3 is 14.7 Å². The maximum atomic E-state index is 10.7. The molecular formula is C5H14NO5P. The lowest BCUT2D eigenvalue weighted by molar-refractivity contribution is -0.237. The second-order valence-electron chi connectivity index (χ2n) is 2.17. The highest BCUT2D eigenvalue weighted by atomic mass is 31.1. The number of aliphatic hydroxyl groups is 2. The molecule has 0 saturated carbocycles. The Morgan fingerprint density at radius 2 is 1.75 bits per heavy atom. The van der Waals surface area contributed by atoms with Crippen molar-refractivity contribution in [2.24, 2.45) is 0 Å². The lowest BCUT2D eigenvalue weighted by Crippen LogP contribution is -2.38. The monoisotopic (exact) mass is 199 g/mol. The first-order chi connectivity index (χ1) is 5.49. The molecule has 0 aromatic heterocycles. The summed E-state index contributed by atoms with van der Waals surface area (Å²) >= 11 is 0. The molecule has 0 saturated heterocycles. The van der Waals surface area contributed by atoms with Crippen LogP contribution in [0, 0.1) is 0 Å². The number of aliphatic hydroxyl groups excluding tert-OH is 2. The summed E-state index contributed by atoms with van der Waals surface area (Å²) in [7, 11) is -1.45. The van der Waals surface area contributed by atoms with Crippen LogP contribution in [0.25, 0.3) is 0 Å². The lowest BCUT2D eigenvalue weighted by atomic mass is 10.5. The molecule has 0 spiro atoms. The summed E-state index contributed by atoms with van der Waals surface area (Å²) in [6, 6.07) is 0. The molecule has 0 aliphatic carbocycles. The van der Waals surface area contributed by atoms with E-state index in [1.165, 1.54) is 21.0 Å². The van der Waals surface area contributed by atoms with Crippen LogP contribution in [-0.2, 0) is 13.7 Å². The summed E-state index contributed by atoms with van der Waals surface area (Å²) in [5.74, 6) is 0. The minimum atomic E-state index is -2.66. The Morgan fingerprint density at radius 3 is 2.00 bits per heavy atom. The zero-order chi connectivity index (χ0) is 9.72. The standard InChI is InChI=1S/C5H14NO5P/c1-4(7)6(5(2)8)11-12(9)10-3/h4-5,7-8,12H,1-3H3. The van der Waals surface area contributed by atoms with E-state index in [1.54, 1.807) is 0 Å². The summed E-state index contributed by atoms with van der Waals surface area (Å²) in [4.78, 5) is 0. The number of hydroxylamine groups is 2. The van der Waals surface area contributed by atoms with Crippen LogP contribution < -0.4 is 0 Å². The van der Waals surface area contributed by atoms with Gasteiger partial charge in [0.05, 0.1) is 0 Å². The van der Waals surface area contributed by atoms with Crippen molar-refractivity contribution in [2.75, 3.05) is 7.11 Å². The second kappa shape index (κ2) is 5.64. The molecule has 6 nitrogen and oxygen atoms in total. The topological polar surface area (TPSA) is 79.2 Å². The largest absolute Gasteiger partial charge is 0.376 e. The Morgan fingerprint density at radius 1 is 1.33 bits per heavy atom. The normalized spacial score (nSPS) is 19.2. The molecule has 0 rings (SSSR count). The maximum Gasteiger partial charge on any atom is 0.335 e. The average Bonchev–Trinajstić information content (AvgIpc) is 1.98. The van der Waals surface area contributed by atoms with Gasteiger partial charge in [-0.15, -0.1) is 5.06 Å². The van der Waals surface area contributed by atoms with Crippen molar-refractivity contribution in [2.45, 2.75) is 26.3 Å². The molecular weight excluding hydrogens is 185 g/mol. The number of nitrogens with zero attached hydrogens (tertiary/aromatic N) is 1. The summed E-state index contributed by atoms with van der Waals surface area (Å²) in [5.41, 5.74) is 0. The molecule has 0 aliphatic heterocycles. The third kappa shape index (κ3) is 4.15. The zero-order valence-electron chi connectivity index (χ0n) is 7.22.